The van der Waals surface area contributed by atoms with E-state index in [9.17, 15) is 13.2 Å². The Bertz CT molecular complexity index is 936. The number of hydrogen-bond acceptors (Lipinski definition) is 5. The molecule has 28 heavy (non-hydrogen) atoms. The molecule has 2 rings (SSSR count). The van der Waals surface area contributed by atoms with E-state index in [1.54, 1.807) is 43.3 Å². The van der Waals surface area contributed by atoms with Gasteiger partial charge in [-0.05, 0) is 49.6 Å². The standard InChI is InChI=1S/C21H28N2O4S/c1-14(2)12-23-20(24)13-22-18-10-16(4)11-19(21(18)27-5)28(25,26)17-8-6-15(3)7-9-17/h6-11,14,22H,12-13H2,1-5H3,(H,23,24). The fourth-order valence-corrected chi connectivity index (χ4v) is 4.21. The normalized spacial score (nSPS) is 11.4. The number of benzene rings is 2. The van der Waals surface area contributed by atoms with Gasteiger partial charge in [-0.1, -0.05) is 31.5 Å². The van der Waals surface area contributed by atoms with Gasteiger partial charge in [0.15, 0.2) is 5.75 Å². The second kappa shape index (κ2) is 9.10. The zero-order valence-electron chi connectivity index (χ0n) is 17.0. The summed E-state index contributed by atoms with van der Waals surface area (Å²) in [4.78, 5) is 12.3. The first-order valence-corrected chi connectivity index (χ1v) is 10.6. The second-order valence-electron chi connectivity index (χ2n) is 7.21. The SMILES string of the molecule is COc1c(NCC(=O)NCC(C)C)cc(C)cc1S(=O)(=O)c1ccc(C)cc1. The molecule has 1 amide bonds. The van der Waals surface area contributed by atoms with E-state index in [2.05, 4.69) is 10.6 Å². The van der Waals surface area contributed by atoms with Crippen LogP contribution in [0.15, 0.2) is 46.2 Å². The van der Waals surface area contributed by atoms with Crippen molar-refractivity contribution in [3.63, 3.8) is 0 Å². The minimum absolute atomic E-state index is 0.0244. The maximum Gasteiger partial charge on any atom is 0.239 e. The largest absolute Gasteiger partial charge is 0.493 e. The lowest BCUT2D eigenvalue weighted by molar-refractivity contribution is -0.119. The topological polar surface area (TPSA) is 84.5 Å². The minimum Gasteiger partial charge on any atom is -0.493 e. The molecule has 0 radical (unpaired) electrons. The fourth-order valence-electron chi connectivity index (χ4n) is 2.68. The summed E-state index contributed by atoms with van der Waals surface area (Å²) in [6, 6.07) is 10.0. The lowest BCUT2D eigenvalue weighted by Crippen LogP contribution is -2.32. The number of carbonyl (C=O) groups excluding carboxylic acids is 1. The second-order valence-corrected chi connectivity index (χ2v) is 9.13. The first-order valence-electron chi connectivity index (χ1n) is 9.16. The van der Waals surface area contributed by atoms with Crippen molar-refractivity contribution < 1.29 is 17.9 Å². The van der Waals surface area contributed by atoms with Crippen molar-refractivity contribution in [2.45, 2.75) is 37.5 Å². The first kappa shape index (κ1) is 21.8. The summed E-state index contributed by atoms with van der Waals surface area (Å²) in [5.74, 6) is 0.381. The molecule has 0 heterocycles. The van der Waals surface area contributed by atoms with Gasteiger partial charge in [0, 0.05) is 6.54 Å². The molecule has 0 fully saturated rings. The summed E-state index contributed by atoms with van der Waals surface area (Å²) in [7, 11) is -2.35. The molecule has 0 aliphatic carbocycles. The van der Waals surface area contributed by atoms with Gasteiger partial charge in [-0.15, -0.1) is 0 Å². The van der Waals surface area contributed by atoms with Crippen LogP contribution in [0, 0.1) is 19.8 Å². The highest BCUT2D eigenvalue weighted by Gasteiger charge is 2.25. The third kappa shape index (κ3) is 5.25. The molecule has 2 aromatic rings. The Labute approximate surface area is 167 Å². The number of hydrogen-bond donors (Lipinski definition) is 2. The number of rotatable bonds is 8. The van der Waals surface area contributed by atoms with Gasteiger partial charge in [0.05, 0.1) is 24.2 Å². The smallest absolute Gasteiger partial charge is 0.239 e. The molecule has 6 nitrogen and oxygen atoms in total. The van der Waals surface area contributed by atoms with Crippen molar-refractivity contribution in [2.75, 3.05) is 25.5 Å². The monoisotopic (exact) mass is 404 g/mol. The number of anilines is 1. The Balaban J connectivity index is 2.36. The van der Waals surface area contributed by atoms with Crippen LogP contribution in [0.5, 0.6) is 5.75 Å². The third-order valence-corrected chi connectivity index (χ3v) is 5.95. The quantitative estimate of drug-likeness (QED) is 0.705. The Morgan fingerprint density at radius 2 is 1.71 bits per heavy atom. The molecule has 7 heteroatoms. The van der Waals surface area contributed by atoms with E-state index in [0.717, 1.165) is 11.1 Å². The molecule has 0 unspecified atom stereocenters. The van der Waals surface area contributed by atoms with Crippen molar-refractivity contribution in [3.8, 4) is 5.75 Å². The average molecular weight is 405 g/mol. The fraction of sp³-hybridized carbons (Fsp3) is 0.381. The van der Waals surface area contributed by atoms with E-state index in [1.807, 2.05) is 20.8 Å². The van der Waals surface area contributed by atoms with Gasteiger partial charge < -0.3 is 15.4 Å². The van der Waals surface area contributed by atoms with E-state index in [0.29, 0.717) is 18.2 Å². The number of ether oxygens (including phenoxy) is 1. The van der Waals surface area contributed by atoms with Gasteiger partial charge in [0.1, 0.15) is 4.90 Å². The average Bonchev–Trinajstić information content (AvgIpc) is 2.64. The maximum atomic E-state index is 13.2. The van der Waals surface area contributed by atoms with Gasteiger partial charge >= 0.3 is 0 Å². The molecular weight excluding hydrogens is 376 g/mol. The van der Waals surface area contributed by atoms with E-state index in [4.69, 9.17) is 4.74 Å². The summed E-state index contributed by atoms with van der Waals surface area (Å²) in [6.45, 7) is 8.34. The highest BCUT2D eigenvalue weighted by molar-refractivity contribution is 7.91. The van der Waals surface area contributed by atoms with E-state index in [-0.39, 0.29) is 28.0 Å². The highest BCUT2D eigenvalue weighted by Crippen LogP contribution is 2.36. The molecule has 0 saturated heterocycles. The highest BCUT2D eigenvalue weighted by atomic mass is 32.2. The first-order chi connectivity index (χ1) is 13.1. The number of carbonyl (C=O) groups is 1. The molecule has 0 saturated carbocycles. The van der Waals surface area contributed by atoms with Crippen LogP contribution in [-0.2, 0) is 14.6 Å². The molecule has 0 aliphatic heterocycles. The van der Waals surface area contributed by atoms with E-state index >= 15 is 0 Å². The van der Waals surface area contributed by atoms with Crippen LogP contribution < -0.4 is 15.4 Å². The molecular formula is C21H28N2O4S. The number of aryl methyl sites for hydroxylation is 2. The molecule has 2 aromatic carbocycles. The summed E-state index contributed by atoms with van der Waals surface area (Å²) in [6.07, 6.45) is 0. The molecule has 0 aromatic heterocycles. The van der Waals surface area contributed by atoms with Crippen molar-refractivity contribution in [3.05, 3.63) is 47.5 Å². The Morgan fingerprint density at radius 3 is 2.29 bits per heavy atom. The van der Waals surface area contributed by atoms with Crippen LogP contribution in [0.3, 0.4) is 0 Å². The number of nitrogens with one attached hydrogen (secondary N) is 2. The lowest BCUT2D eigenvalue weighted by atomic mass is 10.2. The zero-order valence-corrected chi connectivity index (χ0v) is 17.8. The molecule has 0 aliphatic rings. The minimum atomic E-state index is -3.77. The van der Waals surface area contributed by atoms with Gasteiger partial charge in [-0.2, -0.15) is 0 Å². The van der Waals surface area contributed by atoms with Crippen LogP contribution in [0.2, 0.25) is 0 Å². The van der Waals surface area contributed by atoms with Crippen molar-refractivity contribution >= 4 is 21.4 Å². The molecule has 2 N–H and O–H groups in total. The van der Waals surface area contributed by atoms with Gasteiger partial charge in [-0.25, -0.2) is 8.42 Å². The zero-order chi connectivity index (χ0) is 20.9. The van der Waals surface area contributed by atoms with Crippen LogP contribution >= 0.6 is 0 Å². The number of amides is 1. The molecule has 0 spiro atoms. The summed E-state index contributed by atoms with van der Waals surface area (Å²) >= 11 is 0. The molecule has 152 valence electrons. The number of methoxy groups -OCH3 is 1. The lowest BCUT2D eigenvalue weighted by Gasteiger charge is -2.17. The van der Waals surface area contributed by atoms with Crippen LogP contribution in [0.25, 0.3) is 0 Å². The van der Waals surface area contributed by atoms with Crippen LogP contribution in [0.1, 0.15) is 25.0 Å². The van der Waals surface area contributed by atoms with Gasteiger partial charge in [0.2, 0.25) is 15.7 Å². The summed E-state index contributed by atoms with van der Waals surface area (Å²) in [5, 5.41) is 5.82. The Hall–Kier alpha value is -2.54. The summed E-state index contributed by atoms with van der Waals surface area (Å²) < 4.78 is 31.7. The molecule has 0 atom stereocenters. The predicted octanol–water partition coefficient (Wildman–Crippen LogP) is 3.33. The van der Waals surface area contributed by atoms with E-state index < -0.39 is 9.84 Å². The summed E-state index contributed by atoms with van der Waals surface area (Å²) in [5.41, 5.74) is 2.19. The third-order valence-electron chi connectivity index (χ3n) is 4.17. The predicted molar refractivity (Wildman–Crippen MR) is 111 cm³/mol. The van der Waals surface area contributed by atoms with Crippen molar-refractivity contribution in [2.24, 2.45) is 5.92 Å². The van der Waals surface area contributed by atoms with Gasteiger partial charge in [-0.3, -0.25) is 4.79 Å². The maximum absolute atomic E-state index is 13.2. The number of sulfone groups is 1. The Kier molecular flexibility index (Phi) is 7.07. The van der Waals surface area contributed by atoms with Crippen molar-refractivity contribution in [1.29, 1.82) is 0 Å². The van der Waals surface area contributed by atoms with Crippen LogP contribution in [-0.4, -0.2) is 34.5 Å². The van der Waals surface area contributed by atoms with Crippen LogP contribution in [0.4, 0.5) is 5.69 Å². The molecule has 0 bridgehead atoms. The van der Waals surface area contributed by atoms with E-state index in [1.165, 1.54) is 7.11 Å². The van der Waals surface area contributed by atoms with Gasteiger partial charge in [0.25, 0.3) is 0 Å². The Morgan fingerprint density at radius 1 is 1.07 bits per heavy atom. The van der Waals surface area contributed by atoms with Crippen molar-refractivity contribution in [1.82, 2.24) is 5.32 Å².